The highest BCUT2D eigenvalue weighted by molar-refractivity contribution is 5.70. The van der Waals surface area contributed by atoms with Gasteiger partial charge in [0.05, 0.1) is 5.56 Å². The highest BCUT2D eigenvalue weighted by Crippen LogP contribution is 2.46. The number of aryl methyl sites for hydroxylation is 1. The van der Waals surface area contributed by atoms with Crippen molar-refractivity contribution in [2.45, 2.75) is 19.8 Å². The van der Waals surface area contributed by atoms with Crippen LogP contribution < -0.4 is 15.0 Å². The van der Waals surface area contributed by atoms with Gasteiger partial charge in [-0.3, -0.25) is 9.59 Å². The Morgan fingerprint density at radius 3 is 2.69 bits per heavy atom. The third-order valence-electron chi connectivity index (χ3n) is 4.22. The Hall–Kier alpha value is -3.41. The van der Waals surface area contributed by atoms with E-state index in [1.807, 2.05) is 36.4 Å². The number of carbonyl (C=O) groups is 1. The van der Waals surface area contributed by atoms with E-state index in [9.17, 15) is 9.59 Å². The smallest absolute Gasteiger partial charge is 0.308 e. The monoisotopic (exact) mass is 348 g/mol. The van der Waals surface area contributed by atoms with E-state index in [2.05, 4.69) is 9.97 Å². The second-order valence-corrected chi connectivity index (χ2v) is 6.11. The fourth-order valence-corrected chi connectivity index (χ4v) is 3.22. The molecule has 0 saturated heterocycles. The highest BCUT2D eigenvalue weighted by Gasteiger charge is 2.33. The summed E-state index contributed by atoms with van der Waals surface area (Å²) in [5, 5.41) is 0. The average molecular weight is 348 g/mol. The van der Waals surface area contributed by atoms with Crippen molar-refractivity contribution in [1.29, 1.82) is 0 Å². The van der Waals surface area contributed by atoms with Crippen molar-refractivity contribution in [2.75, 3.05) is 0 Å². The van der Waals surface area contributed by atoms with E-state index in [0.717, 1.165) is 11.1 Å². The number of aromatic amines is 1. The van der Waals surface area contributed by atoms with E-state index in [4.69, 9.17) is 9.47 Å². The van der Waals surface area contributed by atoms with E-state index in [-0.39, 0.29) is 17.4 Å². The summed E-state index contributed by atoms with van der Waals surface area (Å²) in [6.07, 6.45) is 0. The van der Waals surface area contributed by atoms with Gasteiger partial charge in [-0.25, -0.2) is 0 Å². The summed E-state index contributed by atoms with van der Waals surface area (Å²) >= 11 is 0. The maximum atomic E-state index is 12.6. The first kappa shape index (κ1) is 16.1. The number of aromatic nitrogens is 2. The number of carbonyl (C=O) groups excluding carboxylic acids is 1. The van der Waals surface area contributed by atoms with Gasteiger partial charge < -0.3 is 14.5 Å². The molecule has 0 aliphatic carbocycles. The molecule has 1 unspecified atom stereocenters. The van der Waals surface area contributed by atoms with Crippen molar-refractivity contribution in [3.63, 3.8) is 0 Å². The predicted molar refractivity (Wildman–Crippen MR) is 94.8 cm³/mol. The molecular weight excluding hydrogens is 332 g/mol. The molecule has 2 heterocycles. The lowest BCUT2D eigenvalue weighted by molar-refractivity contribution is -0.131. The first-order valence-corrected chi connectivity index (χ1v) is 8.19. The van der Waals surface area contributed by atoms with E-state index >= 15 is 0 Å². The number of fused-ring (bicyclic) bond motifs is 2. The Labute approximate surface area is 149 Å². The van der Waals surface area contributed by atoms with Crippen LogP contribution in [0.2, 0.25) is 0 Å². The van der Waals surface area contributed by atoms with Crippen LogP contribution in [0.5, 0.6) is 17.4 Å². The van der Waals surface area contributed by atoms with Gasteiger partial charge in [-0.2, -0.15) is 4.98 Å². The summed E-state index contributed by atoms with van der Waals surface area (Å²) < 4.78 is 11.0. The fourth-order valence-electron chi connectivity index (χ4n) is 3.22. The Kier molecular flexibility index (Phi) is 3.80. The molecule has 1 aliphatic rings. The molecular formula is C20H16N2O4. The molecule has 1 aliphatic heterocycles. The van der Waals surface area contributed by atoms with Crippen LogP contribution in [-0.4, -0.2) is 15.9 Å². The molecule has 0 amide bonds. The zero-order valence-corrected chi connectivity index (χ0v) is 14.3. The third kappa shape index (κ3) is 2.75. The third-order valence-corrected chi connectivity index (χ3v) is 4.22. The number of nitrogens with zero attached hydrogens (tertiary/aromatic N) is 1. The normalized spacial score (nSPS) is 14.8. The first-order valence-electron chi connectivity index (χ1n) is 8.19. The van der Waals surface area contributed by atoms with Crippen molar-refractivity contribution in [2.24, 2.45) is 0 Å². The molecule has 1 N–H and O–H groups in total. The van der Waals surface area contributed by atoms with Gasteiger partial charge in [0.1, 0.15) is 17.3 Å². The standard InChI is InChI=1S/C20H16N2O4/c1-11-21-19(24)18-17(13-6-4-3-5-7-13)15-9-8-14(25-12(2)23)10-16(15)26-20(18)22-11/h3-10,17H,1-2H3,(H,21,22,24). The summed E-state index contributed by atoms with van der Waals surface area (Å²) in [7, 11) is 0. The van der Waals surface area contributed by atoms with Crippen LogP contribution >= 0.6 is 0 Å². The summed E-state index contributed by atoms with van der Waals surface area (Å²) in [6.45, 7) is 3.04. The number of benzene rings is 2. The number of nitrogens with one attached hydrogen (secondary N) is 1. The zero-order chi connectivity index (χ0) is 18.3. The minimum Gasteiger partial charge on any atom is -0.438 e. The van der Waals surface area contributed by atoms with Crippen molar-refractivity contribution in [3.8, 4) is 17.4 Å². The van der Waals surface area contributed by atoms with E-state index < -0.39 is 5.97 Å². The Balaban J connectivity index is 1.94. The summed E-state index contributed by atoms with van der Waals surface area (Å²) in [4.78, 5) is 31.0. The van der Waals surface area contributed by atoms with Gasteiger partial charge in [-0.15, -0.1) is 0 Å². The minimum absolute atomic E-state index is 0.226. The number of rotatable bonds is 2. The molecule has 130 valence electrons. The van der Waals surface area contributed by atoms with E-state index in [1.165, 1.54) is 6.92 Å². The van der Waals surface area contributed by atoms with Crippen LogP contribution in [0, 0.1) is 6.92 Å². The predicted octanol–water partition coefficient (Wildman–Crippen LogP) is 3.29. The van der Waals surface area contributed by atoms with Crippen LogP contribution in [0.4, 0.5) is 0 Å². The molecule has 6 nitrogen and oxygen atoms in total. The largest absolute Gasteiger partial charge is 0.438 e. The molecule has 1 atom stereocenters. The van der Waals surface area contributed by atoms with Crippen molar-refractivity contribution >= 4 is 5.97 Å². The highest BCUT2D eigenvalue weighted by atomic mass is 16.5. The summed E-state index contributed by atoms with van der Waals surface area (Å²) in [5.74, 6) is 0.910. The number of hydrogen-bond donors (Lipinski definition) is 1. The van der Waals surface area contributed by atoms with Gasteiger partial charge in [0.2, 0.25) is 5.88 Å². The first-order chi connectivity index (χ1) is 12.5. The van der Waals surface area contributed by atoms with Crippen LogP contribution in [0.15, 0.2) is 53.3 Å². The Morgan fingerprint density at radius 2 is 1.96 bits per heavy atom. The molecule has 3 aromatic rings. The molecule has 26 heavy (non-hydrogen) atoms. The van der Waals surface area contributed by atoms with Gasteiger partial charge in [0.15, 0.2) is 0 Å². The van der Waals surface area contributed by atoms with Crippen LogP contribution in [-0.2, 0) is 4.79 Å². The second-order valence-electron chi connectivity index (χ2n) is 6.11. The van der Waals surface area contributed by atoms with Crippen LogP contribution in [0.3, 0.4) is 0 Å². The minimum atomic E-state index is -0.411. The lowest BCUT2D eigenvalue weighted by Gasteiger charge is -2.27. The van der Waals surface area contributed by atoms with Crippen molar-refractivity contribution in [3.05, 3.63) is 81.4 Å². The maximum absolute atomic E-state index is 12.6. The van der Waals surface area contributed by atoms with Gasteiger partial charge in [0.25, 0.3) is 5.56 Å². The maximum Gasteiger partial charge on any atom is 0.308 e. The van der Waals surface area contributed by atoms with Gasteiger partial charge in [-0.1, -0.05) is 36.4 Å². The number of H-pyrrole nitrogens is 1. The quantitative estimate of drug-likeness (QED) is 0.444. The fraction of sp³-hybridized carbons (Fsp3) is 0.150. The molecule has 0 fully saturated rings. The SMILES string of the molecule is CC(=O)Oc1ccc2c(c1)Oc1nc(C)[nH]c(=O)c1C2c1ccccc1. The lowest BCUT2D eigenvalue weighted by atomic mass is 9.84. The number of hydrogen-bond acceptors (Lipinski definition) is 5. The van der Waals surface area contributed by atoms with Crippen molar-refractivity contribution < 1.29 is 14.3 Å². The molecule has 1 aromatic heterocycles. The van der Waals surface area contributed by atoms with Crippen LogP contribution in [0.25, 0.3) is 0 Å². The summed E-state index contributed by atoms with van der Waals surface area (Å²) in [5.41, 5.74) is 2.01. The lowest BCUT2D eigenvalue weighted by Crippen LogP contribution is -2.24. The number of ether oxygens (including phenoxy) is 2. The Bertz CT molecular complexity index is 1060. The van der Waals surface area contributed by atoms with E-state index in [0.29, 0.717) is 22.9 Å². The molecule has 0 radical (unpaired) electrons. The Morgan fingerprint density at radius 1 is 1.19 bits per heavy atom. The van der Waals surface area contributed by atoms with Gasteiger partial charge in [-0.05, 0) is 18.6 Å². The number of esters is 1. The summed E-state index contributed by atoms with van der Waals surface area (Å²) in [6, 6.07) is 14.8. The molecule has 0 bridgehead atoms. The zero-order valence-electron chi connectivity index (χ0n) is 14.3. The molecule has 4 rings (SSSR count). The van der Waals surface area contributed by atoms with E-state index in [1.54, 1.807) is 19.1 Å². The topological polar surface area (TPSA) is 81.3 Å². The molecule has 0 saturated carbocycles. The van der Waals surface area contributed by atoms with Gasteiger partial charge in [0, 0.05) is 24.5 Å². The molecule has 2 aromatic carbocycles. The average Bonchev–Trinajstić information content (AvgIpc) is 2.59. The van der Waals surface area contributed by atoms with Crippen LogP contribution in [0.1, 0.15) is 35.4 Å². The van der Waals surface area contributed by atoms with Crippen molar-refractivity contribution in [1.82, 2.24) is 9.97 Å². The molecule has 0 spiro atoms. The second kappa shape index (κ2) is 6.15. The van der Waals surface area contributed by atoms with Gasteiger partial charge >= 0.3 is 5.97 Å². The molecule has 6 heteroatoms.